The van der Waals surface area contributed by atoms with E-state index in [1.165, 1.54) is 5.56 Å². The van der Waals surface area contributed by atoms with E-state index in [1.54, 1.807) is 19.1 Å². The van der Waals surface area contributed by atoms with Gasteiger partial charge in [0, 0.05) is 6.04 Å². The monoisotopic (exact) mass is 339 g/mol. The Morgan fingerprint density at radius 1 is 1.00 bits per heavy atom. The van der Waals surface area contributed by atoms with Gasteiger partial charge in [-0.15, -0.1) is 0 Å². The van der Waals surface area contributed by atoms with E-state index in [-0.39, 0.29) is 11.9 Å². The van der Waals surface area contributed by atoms with E-state index in [0.29, 0.717) is 5.56 Å². The second-order valence-electron chi connectivity index (χ2n) is 6.35. The summed E-state index contributed by atoms with van der Waals surface area (Å²) in [5.41, 5.74) is 2.75. The molecule has 25 heavy (non-hydrogen) atoms. The molecule has 0 spiro atoms. The first-order valence-corrected chi connectivity index (χ1v) is 8.57. The van der Waals surface area contributed by atoms with Gasteiger partial charge in [-0.1, -0.05) is 48.0 Å². The summed E-state index contributed by atoms with van der Waals surface area (Å²) in [6.45, 7) is 5.49. The van der Waals surface area contributed by atoms with Crippen molar-refractivity contribution in [2.45, 2.75) is 45.8 Å². The molecule has 0 aromatic heterocycles. The van der Waals surface area contributed by atoms with Crippen LogP contribution in [0, 0.1) is 6.92 Å². The first kappa shape index (κ1) is 18.7. The lowest BCUT2D eigenvalue weighted by Gasteiger charge is -2.18. The Hall–Kier alpha value is -2.62. The molecule has 1 amide bonds. The van der Waals surface area contributed by atoms with Crippen LogP contribution in [0.2, 0.25) is 0 Å². The van der Waals surface area contributed by atoms with Crippen LogP contribution < -0.4 is 5.32 Å². The summed E-state index contributed by atoms with van der Waals surface area (Å²) in [5, 5.41) is 2.90. The highest BCUT2D eigenvalue weighted by atomic mass is 16.5. The molecule has 0 bridgehead atoms. The lowest BCUT2D eigenvalue weighted by molar-refractivity contribution is -0.129. The summed E-state index contributed by atoms with van der Waals surface area (Å²) in [7, 11) is 0. The average Bonchev–Trinajstić information content (AvgIpc) is 2.61. The number of hydrogen-bond donors (Lipinski definition) is 1. The van der Waals surface area contributed by atoms with Gasteiger partial charge < -0.3 is 10.1 Å². The maximum absolute atomic E-state index is 12.2. The number of nitrogens with one attached hydrogen (secondary N) is 1. The van der Waals surface area contributed by atoms with Crippen molar-refractivity contribution in [3.05, 3.63) is 71.3 Å². The Morgan fingerprint density at radius 3 is 2.28 bits per heavy atom. The highest BCUT2D eigenvalue weighted by Gasteiger charge is 2.20. The van der Waals surface area contributed by atoms with E-state index < -0.39 is 12.1 Å². The third-order valence-corrected chi connectivity index (χ3v) is 4.04. The fraction of sp³-hybridized carbons (Fsp3) is 0.333. The number of amides is 1. The quantitative estimate of drug-likeness (QED) is 0.783. The minimum Gasteiger partial charge on any atom is -0.449 e. The number of benzene rings is 2. The summed E-state index contributed by atoms with van der Waals surface area (Å²) in [5.74, 6) is -0.763. The molecule has 0 unspecified atom stereocenters. The first-order chi connectivity index (χ1) is 12.0. The van der Waals surface area contributed by atoms with Gasteiger partial charge in [0.05, 0.1) is 5.56 Å². The van der Waals surface area contributed by atoms with E-state index in [1.807, 2.05) is 44.2 Å². The van der Waals surface area contributed by atoms with Gasteiger partial charge in [-0.05, 0) is 51.3 Å². The number of ether oxygens (including phenoxy) is 1. The molecule has 2 aromatic carbocycles. The van der Waals surface area contributed by atoms with Crippen molar-refractivity contribution in [1.82, 2.24) is 5.32 Å². The zero-order valence-electron chi connectivity index (χ0n) is 15.0. The van der Waals surface area contributed by atoms with Gasteiger partial charge in [0.2, 0.25) is 0 Å². The largest absolute Gasteiger partial charge is 0.449 e. The summed E-state index contributed by atoms with van der Waals surface area (Å²) >= 11 is 0. The second-order valence-corrected chi connectivity index (χ2v) is 6.35. The minimum absolute atomic E-state index is 0.00762. The SMILES string of the molecule is Cc1ccc(C(=O)O[C@@H](C)C(=O)N[C@@H](C)CCc2ccccc2)cc1. The Bertz CT molecular complexity index is 695. The molecular formula is C21H25NO3. The molecule has 0 saturated carbocycles. The van der Waals surface area contributed by atoms with Gasteiger partial charge in [0.15, 0.2) is 6.10 Å². The van der Waals surface area contributed by atoms with Gasteiger partial charge in [-0.25, -0.2) is 4.79 Å². The van der Waals surface area contributed by atoms with Gasteiger partial charge in [-0.3, -0.25) is 4.79 Å². The second kappa shape index (κ2) is 9.02. The smallest absolute Gasteiger partial charge is 0.338 e. The third-order valence-electron chi connectivity index (χ3n) is 4.04. The van der Waals surface area contributed by atoms with Crippen molar-refractivity contribution < 1.29 is 14.3 Å². The maximum Gasteiger partial charge on any atom is 0.338 e. The molecule has 0 aliphatic rings. The van der Waals surface area contributed by atoms with Crippen molar-refractivity contribution in [1.29, 1.82) is 0 Å². The summed E-state index contributed by atoms with van der Waals surface area (Å²) in [4.78, 5) is 24.3. The van der Waals surface area contributed by atoms with E-state index in [9.17, 15) is 9.59 Å². The standard InChI is InChI=1S/C21H25NO3/c1-15-9-13-19(14-10-15)21(24)25-17(3)20(23)22-16(2)11-12-18-7-5-4-6-8-18/h4-10,13-14,16-17H,11-12H2,1-3H3,(H,22,23)/t16-,17-/m0/s1. The first-order valence-electron chi connectivity index (χ1n) is 8.57. The van der Waals surface area contributed by atoms with Crippen LogP contribution in [0.5, 0.6) is 0 Å². The summed E-state index contributed by atoms with van der Waals surface area (Å²) in [6.07, 6.45) is 0.891. The number of esters is 1. The molecule has 2 rings (SSSR count). The normalized spacial score (nSPS) is 12.9. The Balaban J connectivity index is 1.79. The Kier molecular flexibility index (Phi) is 6.75. The Morgan fingerprint density at radius 2 is 1.64 bits per heavy atom. The fourth-order valence-corrected chi connectivity index (χ4v) is 2.43. The van der Waals surface area contributed by atoms with Crippen molar-refractivity contribution in [3.8, 4) is 0 Å². The van der Waals surface area contributed by atoms with Gasteiger partial charge >= 0.3 is 5.97 Å². The molecule has 1 N–H and O–H groups in total. The molecule has 0 fully saturated rings. The summed E-state index contributed by atoms with van der Waals surface area (Å²) < 4.78 is 5.25. The van der Waals surface area contributed by atoms with Crippen LogP contribution in [-0.2, 0) is 16.0 Å². The molecule has 132 valence electrons. The fourth-order valence-electron chi connectivity index (χ4n) is 2.43. The van der Waals surface area contributed by atoms with Crippen molar-refractivity contribution in [2.75, 3.05) is 0 Å². The lowest BCUT2D eigenvalue weighted by Crippen LogP contribution is -2.41. The molecule has 4 heteroatoms. The van der Waals surface area contributed by atoms with E-state index in [0.717, 1.165) is 18.4 Å². The predicted octanol–water partition coefficient (Wildman–Crippen LogP) is 3.68. The van der Waals surface area contributed by atoms with Crippen LogP contribution >= 0.6 is 0 Å². The number of hydrogen-bond acceptors (Lipinski definition) is 3. The zero-order valence-corrected chi connectivity index (χ0v) is 15.0. The molecule has 0 aliphatic heterocycles. The van der Waals surface area contributed by atoms with Crippen molar-refractivity contribution in [3.63, 3.8) is 0 Å². The molecule has 4 nitrogen and oxygen atoms in total. The topological polar surface area (TPSA) is 55.4 Å². The number of aryl methyl sites for hydroxylation is 2. The van der Waals surface area contributed by atoms with Gasteiger partial charge in [0.1, 0.15) is 0 Å². The van der Waals surface area contributed by atoms with E-state index in [2.05, 4.69) is 17.4 Å². The van der Waals surface area contributed by atoms with E-state index >= 15 is 0 Å². The predicted molar refractivity (Wildman–Crippen MR) is 98.4 cm³/mol. The minimum atomic E-state index is -0.826. The van der Waals surface area contributed by atoms with Crippen LogP contribution in [0.4, 0.5) is 0 Å². The maximum atomic E-state index is 12.2. The molecule has 0 radical (unpaired) electrons. The van der Waals surface area contributed by atoms with Crippen LogP contribution in [-0.4, -0.2) is 24.0 Å². The molecule has 0 heterocycles. The Labute approximate surface area is 149 Å². The van der Waals surface area contributed by atoms with E-state index in [4.69, 9.17) is 4.74 Å². The molecular weight excluding hydrogens is 314 g/mol. The van der Waals surface area contributed by atoms with Crippen LogP contribution in [0.1, 0.15) is 41.8 Å². The molecule has 0 aliphatic carbocycles. The van der Waals surface area contributed by atoms with Gasteiger partial charge in [0.25, 0.3) is 5.91 Å². The van der Waals surface area contributed by atoms with Gasteiger partial charge in [-0.2, -0.15) is 0 Å². The molecule has 2 atom stereocenters. The number of rotatable bonds is 7. The number of carbonyl (C=O) groups is 2. The zero-order chi connectivity index (χ0) is 18.2. The average molecular weight is 339 g/mol. The number of carbonyl (C=O) groups excluding carboxylic acids is 2. The van der Waals surface area contributed by atoms with Crippen molar-refractivity contribution >= 4 is 11.9 Å². The molecule has 2 aromatic rings. The molecule has 0 saturated heterocycles. The lowest BCUT2D eigenvalue weighted by atomic mass is 10.1. The third kappa shape index (κ3) is 6.07. The summed E-state index contributed by atoms with van der Waals surface area (Å²) in [6, 6.07) is 17.2. The highest BCUT2D eigenvalue weighted by molar-refractivity contribution is 5.92. The highest BCUT2D eigenvalue weighted by Crippen LogP contribution is 2.08. The van der Waals surface area contributed by atoms with Crippen LogP contribution in [0.3, 0.4) is 0 Å². The van der Waals surface area contributed by atoms with Crippen LogP contribution in [0.25, 0.3) is 0 Å². The van der Waals surface area contributed by atoms with Crippen molar-refractivity contribution in [2.24, 2.45) is 0 Å². The van der Waals surface area contributed by atoms with Crippen LogP contribution in [0.15, 0.2) is 54.6 Å².